The van der Waals surface area contributed by atoms with Gasteiger partial charge in [-0.25, -0.2) is 0 Å². The van der Waals surface area contributed by atoms with E-state index >= 15 is 0 Å². The number of carbonyl (C=O) groups is 1. The van der Waals surface area contributed by atoms with Crippen molar-refractivity contribution >= 4 is 5.78 Å². The first kappa shape index (κ1) is 11.7. The van der Waals surface area contributed by atoms with E-state index in [1.54, 1.807) is 6.92 Å². The lowest BCUT2D eigenvalue weighted by Crippen LogP contribution is -2.43. The van der Waals surface area contributed by atoms with Crippen LogP contribution in [-0.2, 0) is 4.79 Å². The molecular weight excluding hydrogens is 176 g/mol. The Morgan fingerprint density at radius 1 is 1.43 bits per heavy atom. The van der Waals surface area contributed by atoms with E-state index in [1.807, 2.05) is 0 Å². The second kappa shape index (κ2) is 6.14. The zero-order valence-electron chi connectivity index (χ0n) is 9.38. The molecule has 14 heavy (non-hydrogen) atoms. The van der Waals surface area contributed by atoms with E-state index in [-0.39, 0.29) is 0 Å². The maximum Gasteiger partial charge on any atom is 0.131 e. The lowest BCUT2D eigenvalue weighted by atomic mass is 10.0. The van der Waals surface area contributed by atoms with E-state index < -0.39 is 0 Å². The maximum atomic E-state index is 10.9. The number of hydrogen-bond acceptors (Lipinski definition) is 3. The van der Waals surface area contributed by atoms with Crippen LogP contribution in [-0.4, -0.2) is 42.9 Å². The van der Waals surface area contributed by atoms with Gasteiger partial charge in [0.1, 0.15) is 5.78 Å². The molecule has 1 aliphatic heterocycles. The van der Waals surface area contributed by atoms with Crippen molar-refractivity contribution in [2.45, 2.75) is 39.2 Å². The molecule has 1 heterocycles. The highest BCUT2D eigenvalue weighted by molar-refractivity contribution is 5.75. The minimum absolute atomic E-state index is 0.303. The van der Waals surface area contributed by atoms with Gasteiger partial charge in [-0.1, -0.05) is 6.92 Å². The van der Waals surface area contributed by atoms with Crippen molar-refractivity contribution in [2.75, 3.05) is 26.2 Å². The monoisotopic (exact) mass is 198 g/mol. The van der Waals surface area contributed by atoms with Gasteiger partial charge in [-0.2, -0.15) is 0 Å². The van der Waals surface area contributed by atoms with E-state index in [2.05, 4.69) is 17.1 Å². The molecule has 0 aromatic heterocycles. The Hall–Kier alpha value is -0.410. The van der Waals surface area contributed by atoms with Crippen LogP contribution in [0, 0.1) is 0 Å². The summed E-state index contributed by atoms with van der Waals surface area (Å²) in [6.07, 6.45) is 3.16. The Kier molecular flexibility index (Phi) is 5.12. The van der Waals surface area contributed by atoms with Gasteiger partial charge >= 0.3 is 0 Å². The number of rotatable bonds is 5. The van der Waals surface area contributed by atoms with Gasteiger partial charge in [0.15, 0.2) is 0 Å². The fourth-order valence-electron chi connectivity index (χ4n) is 2.07. The number of nitrogens with zero attached hydrogens (tertiary/aromatic N) is 1. The molecule has 0 amide bonds. The molecule has 0 atom stereocenters. The molecule has 3 heteroatoms. The van der Waals surface area contributed by atoms with Crippen molar-refractivity contribution in [3.63, 3.8) is 0 Å². The van der Waals surface area contributed by atoms with Gasteiger partial charge in [0.25, 0.3) is 0 Å². The maximum absolute atomic E-state index is 10.9. The summed E-state index contributed by atoms with van der Waals surface area (Å²) >= 11 is 0. The highest BCUT2D eigenvalue weighted by Gasteiger charge is 2.19. The molecule has 1 saturated heterocycles. The summed E-state index contributed by atoms with van der Waals surface area (Å²) in [6.45, 7) is 8.12. The third-order valence-electron chi connectivity index (χ3n) is 2.98. The molecule has 0 saturated carbocycles. The lowest BCUT2D eigenvalue weighted by molar-refractivity contribution is -0.117. The average molecular weight is 198 g/mol. The number of nitrogens with one attached hydrogen (secondary N) is 1. The van der Waals surface area contributed by atoms with Crippen LogP contribution in [0.2, 0.25) is 0 Å². The number of Topliss-reactive ketones (excluding diaryl/α,β-unsaturated/α-hetero) is 1. The molecule has 0 radical (unpaired) electrons. The molecule has 0 bridgehead atoms. The molecule has 1 rings (SSSR count). The number of ketones is 1. The first-order valence-corrected chi connectivity index (χ1v) is 5.68. The Balaban J connectivity index is 2.31. The van der Waals surface area contributed by atoms with Crippen LogP contribution in [0.4, 0.5) is 0 Å². The Bertz CT molecular complexity index is 176. The van der Waals surface area contributed by atoms with Crippen molar-refractivity contribution in [3.05, 3.63) is 0 Å². The first-order valence-electron chi connectivity index (χ1n) is 5.68. The largest absolute Gasteiger partial charge is 0.317 e. The third kappa shape index (κ3) is 3.76. The highest BCUT2D eigenvalue weighted by atomic mass is 16.1. The quantitative estimate of drug-likeness (QED) is 0.716. The molecule has 82 valence electrons. The van der Waals surface area contributed by atoms with Gasteiger partial charge < -0.3 is 10.2 Å². The zero-order chi connectivity index (χ0) is 10.4. The topological polar surface area (TPSA) is 32.3 Å². The third-order valence-corrected chi connectivity index (χ3v) is 2.98. The minimum Gasteiger partial charge on any atom is -0.317 e. The first-order chi connectivity index (χ1) is 6.74. The molecular formula is C11H22N2O. The van der Waals surface area contributed by atoms with Crippen LogP contribution in [0.15, 0.2) is 0 Å². The molecule has 0 aromatic rings. The SMILES string of the molecule is CCN(CCC(C)=O)C1CCNCC1. The summed E-state index contributed by atoms with van der Waals surface area (Å²) < 4.78 is 0. The molecule has 0 aromatic carbocycles. The fraction of sp³-hybridized carbons (Fsp3) is 0.909. The average Bonchev–Trinajstić information content (AvgIpc) is 2.20. The summed E-state index contributed by atoms with van der Waals surface area (Å²) in [5.74, 6) is 0.303. The predicted octanol–water partition coefficient (Wildman–Crippen LogP) is 1.04. The van der Waals surface area contributed by atoms with Crippen LogP contribution in [0.5, 0.6) is 0 Å². The van der Waals surface area contributed by atoms with Crippen LogP contribution < -0.4 is 5.32 Å². The summed E-state index contributed by atoms with van der Waals surface area (Å²) in [6, 6.07) is 0.695. The predicted molar refractivity (Wildman–Crippen MR) is 58.4 cm³/mol. The Morgan fingerprint density at radius 2 is 2.07 bits per heavy atom. The Labute approximate surface area is 86.9 Å². The second-order valence-corrected chi connectivity index (χ2v) is 4.06. The molecule has 0 spiro atoms. The van der Waals surface area contributed by atoms with E-state index in [4.69, 9.17) is 0 Å². The number of carbonyl (C=O) groups excluding carboxylic acids is 1. The molecule has 3 nitrogen and oxygen atoms in total. The van der Waals surface area contributed by atoms with Gasteiger partial charge in [-0.15, -0.1) is 0 Å². The highest BCUT2D eigenvalue weighted by Crippen LogP contribution is 2.11. The standard InChI is InChI=1S/C11H22N2O/c1-3-13(9-6-10(2)14)11-4-7-12-8-5-11/h11-12H,3-9H2,1-2H3. The second-order valence-electron chi connectivity index (χ2n) is 4.06. The molecule has 0 unspecified atom stereocenters. The molecule has 1 fully saturated rings. The summed E-state index contributed by atoms with van der Waals surface area (Å²) in [4.78, 5) is 13.4. The van der Waals surface area contributed by atoms with Crippen molar-refractivity contribution in [2.24, 2.45) is 0 Å². The van der Waals surface area contributed by atoms with Crippen LogP contribution in [0.1, 0.15) is 33.1 Å². The van der Waals surface area contributed by atoms with Crippen LogP contribution in [0.25, 0.3) is 0 Å². The van der Waals surface area contributed by atoms with Crippen LogP contribution >= 0.6 is 0 Å². The van der Waals surface area contributed by atoms with E-state index in [0.717, 1.165) is 26.2 Å². The minimum atomic E-state index is 0.303. The smallest absolute Gasteiger partial charge is 0.131 e. The summed E-state index contributed by atoms with van der Waals surface area (Å²) in [7, 11) is 0. The molecule has 0 aliphatic carbocycles. The van der Waals surface area contributed by atoms with Gasteiger partial charge in [-0.05, 0) is 39.4 Å². The van der Waals surface area contributed by atoms with E-state index in [0.29, 0.717) is 18.2 Å². The number of hydrogen-bond donors (Lipinski definition) is 1. The van der Waals surface area contributed by atoms with Gasteiger partial charge in [0.2, 0.25) is 0 Å². The van der Waals surface area contributed by atoms with Crippen LogP contribution in [0.3, 0.4) is 0 Å². The van der Waals surface area contributed by atoms with Crippen molar-refractivity contribution in [1.29, 1.82) is 0 Å². The summed E-state index contributed by atoms with van der Waals surface area (Å²) in [5.41, 5.74) is 0. The Morgan fingerprint density at radius 3 is 2.57 bits per heavy atom. The van der Waals surface area contributed by atoms with E-state index in [9.17, 15) is 4.79 Å². The zero-order valence-corrected chi connectivity index (χ0v) is 9.38. The fourth-order valence-corrected chi connectivity index (χ4v) is 2.07. The molecule has 1 aliphatic rings. The molecule has 1 N–H and O–H groups in total. The normalized spacial score (nSPS) is 18.8. The van der Waals surface area contributed by atoms with Gasteiger partial charge in [0.05, 0.1) is 0 Å². The summed E-state index contributed by atoms with van der Waals surface area (Å²) in [5, 5.41) is 3.36. The van der Waals surface area contributed by atoms with Crippen molar-refractivity contribution < 1.29 is 4.79 Å². The number of piperidine rings is 1. The lowest BCUT2D eigenvalue weighted by Gasteiger charge is -2.33. The van der Waals surface area contributed by atoms with Gasteiger partial charge in [0, 0.05) is 19.0 Å². The van der Waals surface area contributed by atoms with Crippen molar-refractivity contribution in [3.8, 4) is 0 Å². The van der Waals surface area contributed by atoms with E-state index in [1.165, 1.54) is 12.8 Å². The van der Waals surface area contributed by atoms with Gasteiger partial charge in [-0.3, -0.25) is 4.79 Å². The van der Waals surface area contributed by atoms with Crippen molar-refractivity contribution in [1.82, 2.24) is 10.2 Å².